The lowest BCUT2D eigenvalue weighted by Crippen LogP contribution is -1.94. The van der Waals surface area contributed by atoms with Crippen molar-refractivity contribution in [3.63, 3.8) is 0 Å². The molecular weight excluding hydrogens is 362 g/mol. The molecule has 7 heteroatoms. The summed E-state index contributed by atoms with van der Waals surface area (Å²) < 4.78 is 15.7. The number of rotatable bonds is 7. The number of anilines is 1. The summed E-state index contributed by atoms with van der Waals surface area (Å²) in [5.74, 6) is 2.17. The molecule has 0 radical (unpaired) electrons. The molecule has 1 heterocycles. The summed E-state index contributed by atoms with van der Waals surface area (Å²) in [6, 6.07) is 13.5. The van der Waals surface area contributed by atoms with Crippen molar-refractivity contribution in [3.05, 3.63) is 52.9 Å². The van der Waals surface area contributed by atoms with Crippen molar-refractivity contribution in [2.24, 2.45) is 5.10 Å². The number of thiazole rings is 1. The quantitative estimate of drug-likeness (QED) is 0.477. The highest BCUT2D eigenvalue weighted by Crippen LogP contribution is 2.31. The Hall–Kier alpha value is -3.06. The largest absolute Gasteiger partial charge is 0.497 e. The zero-order valence-electron chi connectivity index (χ0n) is 15.6. The van der Waals surface area contributed by atoms with Crippen molar-refractivity contribution in [1.82, 2.24) is 4.98 Å². The fraction of sp³-hybridized carbons (Fsp3) is 0.200. The predicted molar refractivity (Wildman–Crippen MR) is 110 cm³/mol. The maximum atomic E-state index is 5.30. The van der Waals surface area contributed by atoms with Crippen LogP contribution in [0.15, 0.2) is 47.6 Å². The fourth-order valence-electron chi connectivity index (χ4n) is 2.56. The minimum Gasteiger partial charge on any atom is -0.497 e. The van der Waals surface area contributed by atoms with Crippen LogP contribution in [0.3, 0.4) is 0 Å². The van der Waals surface area contributed by atoms with Gasteiger partial charge in [-0.1, -0.05) is 0 Å². The molecule has 27 heavy (non-hydrogen) atoms. The SMILES string of the molecule is COc1ccc(-c2nc(N/N=C/c3ccc(OC)c(OC)c3)sc2C)cc1. The Balaban J connectivity index is 1.72. The fourth-order valence-corrected chi connectivity index (χ4v) is 3.34. The van der Waals surface area contributed by atoms with Crippen molar-refractivity contribution in [2.45, 2.75) is 6.92 Å². The summed E-state index contributed by atoms with van der Waals surface area (Å²) in [6.07, 6.45) is 1.71. The van der Waals surface area contributed by atoms with E-state index in [-0.39, 0.29) is 0 Å². The second-order valence-electron chi connectivity index (χ2n) is 5.64. The number of nitrogens with one attached hydrogen (secondary N) is 1. The Bertz CT molecular complexity index is 936. The van der Waals surface area contributed by atoms with Gasteiger partial charge >= 0.3 is 0 Å². The first kappa shape index (κ1) is 18.7. The standard InChI is InChI=1S/C20H21N3O3S/c1-13-19(15-6-8-16(24-2)9-7-15)22-20(27-13)23-21-12-14-5-10-17(25-3)18(11-14)26-4/h5-12H,1-4H3,(H,22,23)/b21-12+. The van der Waals surface area contributed by atoms with Gasteiger partial charge in [0.25, 0.3) is 0 Å². The number of hydrogen-bond acceptors (Lipinski definition) is 7. The Morgan fingerprint density at radius 3 is 2.37 bits per heavy atom. The molecule has 0 amide bonds. The summed E-state index contributed by atoms with van der Waals surface area (Å²) in [6.45, 7) is 2.04. The van der Waals surface area contributed by atoms with E-state index < -0.39 is 0 Å². The molecule has 0 aliphatic carbocycles. The van der Waals surface area contributed by atoms with E-state index in [0.29, 0.717) is 11.5 Å². The van der Waals surface area contributed by atoms with Gasteiger partial charge in [-0.25, -0.2) is 4.98 Å². The van der Waals surface area contributed by atoms with Crippen LogP contribution in [-0.2, 0) is 0 Å². The van der Waals surface area contributed by atoms with Crippen molar-refractivity contribution in [1.29, 1.82) is 0 Å². The van der Waals surface area contributed by atoms with Crippen LogP contribution in [0, 0.1) is 6.92 Å². The van der Waals surface area contributed by atoms with Crippen LogP contribution in [0.25, 0.3) is 11.3 Å². The van der Waals surface area contributed by atoms with Gasteiger partial charge in [-0.05, 0) is 55.0 Å². The molecule has 1 N–H and O–H groups in total. The maximum Gasteiger partial charge on any atom is 0.204 e. The van der Waals surface area contributed by atoms with Crippen LogP contribution in [0.5, 0.6) is 17.2 Å². The van der Waals surface area contributed by atoms with E-state index >= 15 is 0 Å². The molecule has 3 rings (SSSR count). The van der Waals surface area contributed by atoms with Crippen LogP contribution in [0.4, 0.5) is 5.13 Å². The maximum absolute atomic E-state index is 5.30. The van der Waals surface area contributed by atoms with Crippen molar-refractivity contribution in [3.8, 4) is 28.5 Å². The third-order valence-electron chi connectivity index (χ3n) is 3.94. The molecule has 140 valence electrons. The molecule has 0 bridgehead atoms. The Labute approximate surface area is 162 Å². The molecule has 1 aromatic heterocycles. The molecule has 0 saturated heterocycles. The van der Waals surface area contributed by atoms with E-state index in [4.69, 9.17) is 14.2 Å². The highest BCUT2D eigenvalue weighted by atomic mass is 32.1. The van der Waals surface area contributed by atoms with Crippen LogP contribution < -0.4 is 19.6 Å². The first-order chi connectivity index (χ1) is 13.1. The minimum atomic E-state index is 0.660. The van der Waals surface area contributed by atoms with Crippen LogP contribution >= 0.6 is 11.3 Å². The molecule has 2 aromatic carbocycles. The first-order valence-corrected chi connectivity index (χ1v) is 9.09. The molecule has 0 aliphatic heterocycles. The number of benzene rings is 2. The number of ether oxygens (including phenoxy) is 3. The second kappa shape index (κ2) is 8.55. The van der Waals surface area contributed by atoms with Crippen LogP contribution in [0.1, 0.15) is 10.4 Å². The van der Waals surface area contributed by atoms with E-state index in [1.165, 1.54) is 0 Å². The summed E-state index contributed by atoms with van der Waals surface area (Å²) >= 11 is 1.56. The lowest BCUT2D eigenvalue weighted by molar-refractivity contribution is 0.355. The Morgan fingerprint density at radius 2 is 1.70 bits per heavy atom. The molecule has 0 spiro atoms. The average Bonchev–Trinajstić information content (AvgIpc) is 3.08. The van der Waals surface area contributed by atoms with Gasteiger partial charge in [-0.2, -0.15) is 5.10 Å². The Kier molecular flexibility index (Phi) is 5.93. The van der Waals surface area contributed by atoms with Gasteiger partial charge in [0.1, 0.15) is 5.75 Å². The smallest absolute Gasteiger partial charge is 0.204 e. The third-order valence-corrected chi connectivity index (χ3v) is 4.82. The number of aryl methyl sites for hydroxylation is 1. The highest BCUT2D eigenvalue weighted by Gasteiger charge is 2.09. The lowest BCUT2D eigenvalue weighted by atomic mass is 10.1. The summed E-state index contributed by atoms with van der Waals surface area (Å²) in [7, 11) is 4.87. The second-order valence-corrected chi connectivity index (χ2v) is 6.84. The molecule has 6 nitrogen and oxygen atoms in total. The van der Waals surface area contributed by atoms with Crippen molar-refractivity contribution in [2.75, 3.05) is 26.8 Å². The molecule has 0 aliphatic rings. The van der Waals surface area contributed by atoms with Gasteiger partial charge in [0.05, 0.1) is 33.2 Å². The predicted octanol–water partition coefficient (Wildman–Crippen LogP) is 4.59. The van der Waals surface area contributed by atoms with E-state index in [1.54, 1.807) is 38.9 Å². The lowest BCUT2D eigenvalue weighted by Gasteiger charge is -2.07. The van der Waals surface area contributed by atoms with Gasteiger partial charge < -0.3 is 14.2 Å². The zero-order valence-corrected chi connectivity index (χ0v) is 16.5. The van der Waals surface area contributed by atoms with E-state index in [9.17, 15) is 0 Å². The zero-order chi connectivity index (χ0) is 19.2. The van der Waals surface area contributed by atoms with E-state index in [1.807, 2.05) is 49.4 Å². The molecule has 0 unspecified atom stereocenters. The van der Waals surface area contributed by atoms with Gasteiger partial charge in [0.15, 0.2) is 11.5 Å². The van der Waals surface area contributed by atoms with Crippen LogP contribution in [-0.4, -0.2) is 32.5 Å². The average molecular weight is 383 g/mol. The number of methoxy groups -OCH3 is 3. The molecule has 3 aromatic rings. The summed E-state index contributed by atoms with van der Waals surface area (Å²) in [5, 5.41) is 5.01. The minimum absolute atomic E-state index is 0.660. The first-order valence-electron chi connectivity index (χ1n) is 8.27. The Morgan fingerprint density at radius 1 is 0.963 bits per heavy atom. The van der Waals surface area contributed by atoms with Gasteiger partial charge in [-0.3, -0.25) is 5.43 Å². The third kappa shape index (κ3) is 4.38. The topological polar surface area (TPSA) is 65.0 Å². The summed E-state index contributed by atoms with van der Waals surface area (Å²) in [5.41, 5.74) is 5.86. The van der Waals surface area contributed by atoms with Gasteiger partial charge in [0, 0.05) is 10.4 Å². The highest BCUT2D eigenvalue weighted by molar-refractivity contribution is 7.15. The molecule has 0 atom stereocenters. The molecule has 0 saturated carbocycles. The van der Waals surface area contributed by atoms with Crippen molar-refractivity contribution < 1.29 is 14.2 Å². The van der Waals surface area contributed by atoms with Gasteiger partial charge in [0.2, 0.25) is 5.13 Å². The van der Waals surface area contributed by atoms with E-state index in [0.717, 1.165) is 32.6 Å². The van der Waals surface area contributed by atoms with Crippen molar-refractivity contribution >= 4 is 22.7 Å². The number of hydrazone groups is 1. The van der Waals surface area contributed by atoms with Crippen LogP contribution in [0.2, 0.25) is 0 Å². The monoisotopic (exact) mass is 383 g/mol. The normalized spacial score (nSPS) is 10.8. The molecule has 0 fully saturated rings. The number of aromatic nitrogens is 1. The molecular formula is C20H21N3O3S. The van der Waals surface area contributed by atoms with Gasteiger partial charge in [-0.15, -0.1) is 11.3 Å². The van der Waals surface area contributed by atoms with E-state index in [2.05, 4.69) is 15.5 Å². The number of hydrogen-bond donors (Lipinski definition) is 1. The summed E-state index contributed by atoms with van der Waals surface area (Å²) in [4.78, 5) is 5.75. The number of nitrogens with zero attached hydrogens (tertiary/aromatic N) is 2.